The minimum absolute atomic E-state index is 0. The Balaban J connectivity index is 0.00000108. The average Bonchev–Trinajstić information content (AvgIpc) is 2.68. The van der Waals surface area contributed by atoms with E-state index in [2.05, 4.69) is 73.7 Å². The van der Waals surface area contributed by atoms with Crippen molar-refractivity contribution >= 4 is 37.0 Å². The maximum Gasteiger partial charge on any atom is 0 e. The molecule has 0 radical (unpaired) electrons. The van der Waals surface area contributed by atoms with Crippen molar-refractivity contribution in [2.24, 2.45) is 0 Å². The van der Waals surface area contributed by atoms with Gasteiger partial charge >= 0.3 is 0 Å². The van der Waals surface area contributed by atoms with Gasteiger partial charge in [-0.2, -0.15) is 17.4 Å². The van der Waals surface area contributed by atoms with Crippen molar-refractivity contribution < 1.29 is 26.2 Å². The van der Waals surface area contributed by atoms with Gasteiger partial charge in [0.2, 0.25) is 0 Å². The summed E-state index contributed by atoms with van der Waals surface area (Å²) in [6.07, 6.45) is 5.86. The Hall–Kier alpha value is -0.357. The van der Waals surface area contributed by atoms with E-state index in [1.807, 2.05) is 0 Å². The molecule has 0 saturated heterocycles. The van der Waals surface area contributed by atoms with E-state index in [0.717, 1.165) is 0 Å². The van der Waals surface area contributed by atoms with Crippen LogP contribution in [0.25, 0.3) is 12.2 Å². The first kappa shape index (κ1) is 18.6. The minimum atomic E-state index is -0.0784. The molecule has 0 bridgehead atoms. The molecule has 3 rings (SSSR count). The Labute approximate surface area is 145 Å². The van der Waals surface area contributed by atoms with E-state index in [1.54, 1.807) is 0 Å². The smallest absolute Gasteiger partial charge is 0 e. The van der Waals surface area contributed by atoms with Crippen LogP contribution in [0.2, 0.25) is 0 Å². The van der Waals surface area contributed by atoms with Gasteiger partial charge in [-0.1, -0.05) is 43.3 Å². The predicted molar refractivity (Wildman–Crippen MR) is 81.9 cm³/mol. The van der Waals surface area contributed by atoms with Gasteiger partial charge in [0.15, 0.2) is 0 Å². The van der Waals surface area contributed by atoms with Gasteiger partial charge in [0.05, 0.1) is 0 Å². The van der Waals surface area contributed by atoms with Crippen molar-refractivity contribution in [1.29, 1.82) is 0 Å². The Morgan fingerprint density at radius 1 is 0.842 bits per heavy atom. The second-order valence-electron chi connectivity index (χ2n) is 4.42. The molecule has 0 spiro atoms. The normalized spacial score (nSPS) is 18.6. The molecule has 1 aliphatic rings. The molecular formula is C16H15Cl2Zr-. The number of hydrogen-bond donors (Lipinski definition) is 0. The molecule has 0 aromatic heterocycles. The molecule has 3 heteroatoms. The zero-order chi connectivity index (χ0) is 11.0. The van der Waals surface area contributed by atoms with E-state index in [4.69, 9.17) is 0 Å². The molecule has 0 heterocycles. The summed E-state index contributed by atoms with van der Waals surface area (Å²) >= 11 is 0. The summed E-state index contributed by atoms with van der Waals surface area (Å²) in [6, 6.07) is 19.0. The van der Waals surface area contributed by atoms with E-state index in [9.17, 15) is 0 Å². The van der Waals surface area contributed by atoms with E-state index >= 15 is 0 Å². The third-order valence-corrected chi connectivity index (χ3v) is 3.17. The van der Waals surface area contributed by atoms with E-state index in [1.165, 1.54) is 16.0 Å². The van der Waals surface area contributed by atoms with Crippen LogP contribution in [0.3, 0.4) is 0 Å². The molecule has 1 aliphatic carbocycles. The van der Waals surface area contributed by atoms with Gasteiger partial charge in [-0.3, -0.25) is 0 Å². The Bertz CT molecular complexity index is 600. The maximum absolute atomic E-state index is 3.57. The first-order valence-electron chi connectivity index (χ1n) is 5.57. The van der Waals surface area contributed by atoms with Gasteiger partial charge in [-0.25, -0.2) is 0 Å². The molecule has 19 heavy (non-hydrogen) atoms. The second kappa shape index (κ2) is 7.43. The summed E-state index contributed by atoms with van der Waals surface area (Å²) in [4.78, 5) is 0. The van der Waals surface area contributed by atoms with Crippen molar-refractivity contribution in [3.8, 4) is 0 Å². The summed E-state index contributed by atoms with van der Waals surface area (Å²) in [6.45, 7) is 2.21. The number of fused-ring (bicyclic) bond motifs is 1. The third kappa shape index (κ3) is 3.60. The molecule has 98 valence electrons. The molecular weight excluding hydrogens is 354 g/mol. The Kier molecular flexibility index (Phi) is 7.29. The second-order valence-corrected chi connectivity index (χ2v) is 4.42. The van der Waals surface area contributed by atoms with Gasteiger partial charge in [-0.15, -0.1) is 48.2 Å². The largest absolute Gasteiger partial charge is 0.189 e. The molecule has 1 atom stereocenters. The molecule has 1 unspecified atom stereocenters. The quantitative estimate of drug-likeness (QED) is 0.678. The zero-order valence-electron chi connectivity index (χ0n) is 10.6. The maximum atomic E-state index is 3.57. The standard InChI is InChI=1S/C16H13.2ClH.Zr/c1-16(15-9-3-2-4-10-15)11-13-7-5-6-8-14(13)12-16;;;/h2-11H,1H3;2*1H;/q-1;;;. The van der Waals surface area contributed by atoms with Crippen LogP contribution in [0.1, 0.15) is 12.5 Å². The van der Waals surface area contributed by atoms with Gasteiger partial charge in [0, 0.05) is 26.2 Å². The number of hydrogen-bond acceptors (Lipinski definition) is 0. The molecule has 0 nitrogen and oxygen atoms in total. The van der Waals surface area contributed by atoms with E-state index in [0.29, 0.717) is 0 Å². The summed E-state index contributed by atoms with van der Waals surface area (Å²) in [7, 11) is 0. The molecule has 0 fully saturated rings. The van der Waals surface area contributed by atoms with E-state index < -0.39 is 0 Å². The fourth-order valence-electron chi connectivity index (χ4n) is 2.30. The minimum Gasteiger partial charge on any atom is -0.189 e. The van der Waals surface area contributed by atoms with Crippen LogP contribution in [0.4, 0.5) is 0 Å². The molecule has 0 amide bonds. The van der Waals surface area contributed by atoms with Crippen LogP contribution in [-0.2, 0) is 31.6 Å². The first-order chi connectivity index (χ1) is 7.78. The van der Waals surface area contributed by atoms with Crippen LogP contribution < -0.4 is 10.4 Å². The summed E-state index contributed by atoms with van der Waals surface area (Å²) in [5, 5.41) is 2.50. The van der Waals surface area contributed by atoms with Crippen molar-refractivity contribution in [2.75, 3.05) is 0 Å². The number of rotatable bonds is 1. The molecule has 0 N–H and O–H groups in total. The summed E-state index contributed by atoms with van der Waals surface area (Å²) < 4.78 is 0. The Morgan fingerprint density at radius 2 is 1.42 bits per heavy atom. The zero-order valence-corrected chi connectivity index (χ0v) is 14.7. The van der Waals surface area contributed by atoms with Crippen molar-refractivity contribution in [1.82, 2.24) is 0 Å². The van der Waals surface area contributed by atoms with Gasteiger partial charge in [0.25, 0.3) is 0 Å². The molecule has 0 aliphatic heterocycles. The monoisotopic (exact) mass is 367 g/mol. The molecule has 2 aromatic carbocycles. The topological polar surface area (TPSA) is 0 Å². The van der Waals surface area contributed by atoms with Crippen LogP contribution >= 0.6 is 24.8 Å². The fraction of sp³-hybridized carbons (Fsp3) is 0.125. The van der Waals surface area contributed by atoms with Crippen molar-refractivity contribution in [2.45, 2.75) is 12.3 Å². The van der Waals surface area contributed by atoms with Gasteiger partial charge in [-0.05, 0) is 11.0 Å². The van der Waals surface area contributed by atoms with Crippen molar-refractivity contribution in [3.63, 3.8) is 0 Å². The first-order valence-corrected chi connectivity index (χ1v) is 5.57. The predicted octanol–water partition coefficient (Wildman–Crippen LogP) is 2.94. The average molecular weight is 369 g/mol. The summed E-state index contributed by atoms with van der Waals surface area (Å²) in [5.74, 6) is 0. The van der Waals surface area contributed by atoms with Crippen LogP contribution in [0, 0.1) is 0 Å². The van der Waals surface area contributed by atoms with Crippen LogP contribution in [-0.4, -0.2) is 0 Å². The molecule has 0 saturated carbocycles. The number of benzene rings is 2. The van der Waals surface area contributed by atoms with Gasteiger partial charge < -0.3 is 0 Å². The van der Waals surface area contributed by atoms with Crippen molar-refractivity contribution in [3.05, 3.63) is 70.6 Å². The third-order valence-electron chi connectivity index (χ3n) is 3.17. The number of halogens is 2. The fourth-order valence-corrected chi connectivity index (χ4v) is 2.30. The molecule has 2 aromatic rings. The van der Waals surface area contributed by atoms with Gasteiger partial charge in [0.1, 0.15) is 0 Å². The van der Waals surface area contributed by atoms with E-state index in [-0.39, 0.29) is 56.4 Å². The van der Waals surface area contributed by atoms with Crippen LogP contribution in [0.15, 0.2) is 54.6 Å². The SMILES string of the molecule is CC1(c2ccccc2)[C-]=c2ccccc2=C1.Cl.Cl.[Zr]. The summed E-state index contributed by atoms with van der Waals surface area (Å²) in [5.41, 5.74) is 1.22. The van der Waals surface area contributed by atoms with Crippen LogP contribution in [0.5, 0.6) is 0 Å². The Morgan fingerprint density at radius 3 is 2.05 bits per heavy atom.